The van der Waals surface area contributed by atoms with E-state index in [1.165, 1.54) is 48.5 Å². The van der Waals surface area contributed by atoms with Gasteiger partial charge in [0, 0.05) is 23.2 Å². The van der Waals surface area contributed by atoms with Crippen LogP contribution in [0.5, 0.6) is 5.75 Å². The monoisotopic (exact) mass is 584 g/mol. The highest BCUT2D eigenvalue weighted by Crippen LogP contribution is 2.35. The van der Waals surface area contributed by atoms with E-state index in [1.54, 1.807) is 7.05 Å². The van der Waals surface area contributed by atoms with Gasteiger partial charge in [0.25, 0.3) is 5.56 Å². The number of amides is 1. The van der Waals surface area contributed by atoms with Crippen LogP contribution in [0.4, 0.5) is 13.2 Å². The number of nitrogens with zero attached hydrogens (tertiary/aromatic N) is 5. The molecule has 2 heterocycles. The standard InChI is InChI=1S/C27H20ClF3N6O4/c1-35-12-33-22(34-35)11-37-26(39)23-20(36(27(37)40)10-13-5-18(29)24(31)19(30)6-13)8-15(9-21(23)41-2)16-7-14(25(32)38)3-4-17(16)28/h3-9,12H,10-11H2,1-2H3,(H2,32,38). The molecule has 0 saturated heterocycles. The van der Waals surface area contributed by atoms with Crippen molar-refractivity contribution in [3.8, 4) is 16.9 Å². The molecule has 210 valence electrons. The topological polar surface area (TPSA) is 127 Å². The molecular weight excluding hydrogens is 565 g/mol. The van der Waals surface area contributed by atoms with Crippen molar-refractivity contribution in [1.29, 1.82) is 0 Å². The number of aromatic nitrogens is 5. The van der Waals surface area contributed by atoms with E-state index in [0.717, 1.165) is 21.3 Å². The molecule has 5 rings (SSSR count). The Morgan fingerprint density at radius 3 is 2.34 bits per heavy atom. The number of benzene rings is 3. The molecule has 0 saturated carbocycles. The van der Waals surface area contributed by atoms with E-state index in [-0.39, 0.29) is 45.2 Å². The van der Waals surface area contributed by atoms with Gasteiger partial charge in [-0.25, -0.2) is 22.9 Å². The number of halogens is 4. The van der Waals surface area contributed by atoms with E-state index in [0.29, 0.717) is 11.1 Å². The lowest BCUT2D eigenvalue weighted by atomic mass is 10.0. The van der Waals surface area contributed by atoms with E-state index in [4.69, 9.17) is 22.1 Å². The third kappa shape index (κ3) is 5.07. The van der Waals surface area contributed by atoms with Crippen molar-refractivity contribution < 1.29 is 22.7 Å². The first-order valence-electron chi connectivity index (χ1n) is 11.9. The predicted octanol–water partition coefficient (Wildman–Crippen LogP) is 3.23. The Balaban J connectivity index is 1.83. The highest BCUT2D eigenvalue weighted by Gasteiger charge is 2.22. The molecule has 2 N–H and O–H groups in total. The fourth-order valence-electron chi connectivity index (χ4n) is 4.49. The molecule has 41 heavy (non-hydrogen) atoms. The van der Waals surface area contributed by atoms with Crippen LogP contribution in [0.1, 0.15) is 21.7 Å². The minimum atomic E-state index is -1.66. The molecule has 1 amide bonds. The summed E-state index contributed by atoms with van der Waals surface area (Å²) in [6.45, 7) is -0.779. The molecule has 10 nitrogen and oxygen atoms in total. The number of aryl methyl sites for hydroxylation is 1. The van der Waals surface area contributed by atoms with E-state index in [1.807, 2.05) is 0 Å². The number of primary amides is 1. The molecule has 0 unspecified atom stereocenters. The molecule has 0 aliphatic rings. The summed E-state index contributed by atoms with van der Waals surface area (Å²) in [7, 11) is 2.92. The number of hydrogen-bond acceptors (Lipinski definition) is 6. The van der Waals surface area contributed by atoms with Crippen molar-refractivity contribution in [2.24, 2.45) is 12.8 Å². The number of methoxy groups -OCH3 is 1. The first-order valence-corrected chi connectivity index (χ1v) is 12.3. The minimum absolute atomic E-state index is 0.0188. The number of fused-ring (bicyclic) bond motifs is 1. The Bertz CT molecular complexity index is 1960. The second kappa shape index (κ2) is 10.6. The summed E-state index contributed by atoms with van der Waals surface area (Å²) in [6, 6.07) is 8.78. The van der Waals surface area contributed by atoms with Gasteiger partial charge in [-0.2, -0.15) is 5.10 Å². The molecule has 2 aromatic heterocycles. The Labute approximate surface area is 234 Å². The van der Waals surface area contributed by atoms with Gasteiger partial charge in [0.15, 0.2) is 23.3 Å². The second-order valence-electron chi connectivity index (χ2n) is 9.10. The van der Waals surface area contributed by atoms with Gasteiger partial charge in [-0.1, -0.05) is 11.6 Å². The lowest BCUT2D eigenvalue weighted by molar-refractivity contribution is 0.100. The number of carbonyl (C=O) groups excluding carboxylic acids is 1. The molecule has 5 aromatic rings. The van der Waals surface area contributed by atoms with Crippen LogP contribution in [0.3, 0.4) is 0 Å². The summed E-state index contributed by atoms with van der Waals surface area (Å²) in [5, 5.41) is 4.30. The molecule has 0 fully saturated rings. The summed E-state index contributed by atoms with van der Waals surface area (Å²) in [6.07, 6.45) is 1.39. The van der Waals surface area contributed by atoms with Crippen molar-refractivity contribution in [2.75, 3.05) is 7.11 Å². The van der Waals surface area contributed by atoms with Gasteiger partial charge in [-0.05, 0) is 53.6 Å². The average molecular weight is 585 g/mol. The van der Waals surface area contributed by atoms with Gasteiger partial charge in [0.05, 0.1) is 25.7 Å². The molecule has 0 aliphatic heterocycles. The maximum atomic E-state index is 14.1. The normalized spacial score (nSPS) is 11.3. The Morgan fingerprint density at radius 1 is 1.02 bits per heavy atom. The fourth-order valence-corrected chi connectivity index (χ4v) is 4.71. The number of nitrogens with two attached hydrogens (primary N) is 1. The highest BCUT2D eigenvalue weighted by atomic mass is 35.5. The van der Waals surface area contributed by atoms with Crippen LogP contribution in [0, 0.1) is 17.5 Å². The lowest BCUT2D eigenvalue weighted by Crippen LogP contribution is -2.41. The molecule has 0 radical (unpaired) electrons. The quantitative estimate of drug-likeness (QED) is 0.293. The van der Waals surface area contributed by atoms with Crippen molar-refractivity contribution in [3.05, 3.63) is 109 Å². The van der Waals surface area contributed by atoms with Crippen molar-refractivity contribution >= 4 is 28.4 Å². The summed E-state index contributed by atoms with van der Waals surface area (Å²) >= 11 is 6.42. The van der Waals surface area contributed by atoms with E-state index < -0.39 is 41.2 Å². The van der Waals surface area contributed by atoms with Crippen molar-refractivity contribution in [1.82, 2.24) is 23.9 Å². The van der Waals surface area contributed by atoms with Crippen LogP contribution in [0.2, 0.25) is 5.02 Å². The first-order chi connectivity index (χ1) is 19.5. The molecule has 3 aromatic carbocycles. The Kier molecular flexibility index (Phi) is 7.13. The maximum Gasteiger partial charge on any atom is 0.332 e. The minimum Gasteiger partial charge on any atom is -0.496 e. The molecular formula is C27H20ClF3N6O4. The molecule has 0 spiro atoms. The molecule has 14 heteroatoms. The zero-order chi connectivity index (χ0) is 29.6. The van der Waals surface area contributed by atoms with Gasteiger partial charge in [-0.3, -0.25) is 23.4 Å². The van der Waals surface area contributed by atoms with E-state index in [2.05, 4.69) is 10.1 Å². The maximum absolute atomic E-state index is 14.1. The third-order valence-corrected chi connectivity index (χ3v) is 6.74. The number of ether oxygens (including phenoxy) is 1. The Hall–Kier alpha value is -4.91. The van der Waals surface area contributed by atoms with Crippen LogP contribution in [-0.4, -0.2) is 36.9 Å². The van der Waals surface area contributed by atoms with Crippen LogP contribution in [0.15, 0.2) is 58.4 Å². The van der Waals surface area contributed by atoms with Crippen LogP contribution in [0.25, 0.3) is 22.0 Å². The van der Waals surface area contributed by atoms with Gasteiger partial charge < -0.3 is 10.5 Å². The zero-order valence-electron chi connectivity index (χ0n) is 21.5. The van der Waals surface area contributed by atoms with Crippen molar-refractivity contribution in [2.45, 2.75) is 13.1 Å². The summed E-state index contributed by atoms with van der Waals surface area (Å²) in [4.78, 5) is 43.4. The molecule has 0 aliphatic carbocycles. The number of hydrogen-bond donors (Lipinski definition) is 1. The average Bonchev–Trinajstić information content (AvgIpc) is 3.35. The number of rotatable bonds is 7. The lowest BCUT2D eigenvalue weighted by Gasteiger charge is -2.17. The third-order valence-electron chi connectivity index (χ3n) is 6.41. The van der Waals surface area contributed by atoms with E-state index in [9.17, 15) is 27.6 Å². The predicted molar refractivity (Wildman–Crippen MR) is 144 cm³/mol. The Morgan fingerprint density at radius 2 is 1.73 bits per heavy atom. The molecule has 0 atom stereocenters. The summed E-state index contributed by atoms with van der Waals surface area (Å²) in [5.41, 5.74) is 4.57. The fraction of sp³-hybridized carbons (Fsp3) is 0.148. The smallest absolute Gasteiger partial charge is 0.332 e. The highest BCUT2D eigenvalue weighted by molar-refractivity contribution is 6.33. The molecule has 0 bridgehead atoms. The first kappa shape index (κ1) is 27.6. The van der Waals surface area contributed by atoms with E-state index >= 15 is 0 Å². The largest absolute Gasteiger partial charge is 0.496 e. The van der Waals surface area contributed by atoms with Gasteiger partial charge in [0.2, 0.25) is 5.91 Å². The van der Waals surface area contributed by atoms with Crippen LogP contribution < -0.4 is 21.7 Å². The van der Waals surface area contributed by atoms with Gasteiger partial charge in [-0.15, -0.1) is 0 Å². The van der Waals surface area contributed by atoms with Crippen LogP contribution >= 0.6 is 11.6 Å². The van der Waals surface area contributed by atoms with Crippen LogP contribution in [-0.2, 0) is 20.1 Å². The second-order valence-corrected chi connectivity index (χ2v) is 9.51. The number of carbonyl (C=O) groups is 1. The zero-order valence-corrected chi connectivity index (χ0v) is 22.2. The summed E-state index contributed by atoms with van der Waals surface area (Å²) < 4.78 is 50.7. The SMILES string of the molecule is COc1cc(-c2cc(C(N)=O)ccc2Cl)cc2c1c(=O)n(Cc1ncn(C)n1)c(=O)n2Cc1cc(F)c(F)c(F)c1. The van der Waals surface area contributed by atoms with Gasteiger partial charge in [0.1, 0.15) is 17.5 Å². The van der Waals surface area contributed by atoms with Gasteiger partial charge >= 0.3 is 5.69 Å². The summed E-state index contributed by atoms with van der Waals surface area (Å²) in [5.74, 6) is -5.07. The van der Waals surface area contributed by atoms with Crippen molar-refractivity contribution in [3.63, 3.8) is 0 Å².